The van der Waals surface area contributed by atoms with Crippen LogP contribution in [0.15, 0.2) is 58.4 Å². The normalized spacial score (nSPS) is 13.3. The molecule has 0 spiro atoms. The molecule has 0 fully saturated rings. The fraction of sp³-hybridized carbons (Fsp3) is 0.278. The minimum absolute atomic E-state index is 0.0889. The summed E-state index contributed by atoms with van der Waals surface area (Å²) < 4.78 is 38.2. The Morgan fingerprint density at radius 3 is 2.50 bits per heavy atom. The third kappa shape index (κ3) is 5.19. The molecule has 0 aliphatic carbocycles. The standard InChI is InChI=1S/C18H21ClFN3O2S/c1-13(14-7-3-4-8-15(14)19)23-18(21-2)22-11-12-26(24,25)17-10-6-5-9-16(17)20/h3-10,13H,11-12H2,1-2H3,(H2,21,22,23). The second kappa shape index (κ2) is 9.00. The van der Waals surface area contributed by atoms with Gasteiger partial charge in [-0.2, -0.15) is 0 Å². The smallest absolute Gasteiger partial charge is 0.191 e. The van der Waals surface area contributed by atoms with Gasteiger partial charge in [-0.05, 0) is 30.7 Å². The van der Waals surface area contributed by atoms with Crippen LogP contribution in [0.1, 0.15) is 18.5 Å². The summed E-state index contributed by atoms with van der Waals surface area (Å²) in [6.45, 7) is 2.01. The van der Waals surface area contributed by atoms with E-state index in [0.29, 0.717) is 11.0 Å². The van der Waals surface area contributed by atoms with Crippen LogP contribution >= 0.6 is 11.6 Å². The zero-order chi connectivity index (χ0) is 19.2. The van der Waals surface area contributed by atoms with Crippen molar-refractivity contribution in [3.63, 3.8) is 0 Å². The zero-order valence-corrected chi connectivity index (χ0v) is 16.1. The van der Waals surface area contributed by atoms with Gasteiger partial charge in [-0.15, -0.1) is 0 Å². The van der Waals surface area contributed by atoms with E-state index in [1.807, 2.05) is 25.1 Å². The van der Waals surface area contributed by atoms with Crippen LogP contribution in [-0.2, 0) is 9.84 Å². The molecule has 0 bridgehead atoms. The van der Waals surface area contributed by atoms with E-state index >= 15 is 0 Å². The van der Waals surface area contributed by atoms with Crippen molar-refractivity contribution in [2.45, 2.75) is 17.9 Å². The maximum Gasteiger partial charge on any atom is 0.191 e. The van der Waals surface area contributed by atoms with Crippen molar-refractivity contribution < 1.29 is 12.8 Å². The summed E-state index contributed by atoms with van der Waals surface area (Å²) in [4.78, 5) is 3.78. The second-order valence-corrected chi connectivity index (χ2v) is 8.12. The summed E-state index contributed by atoms with van der Waals surface area (Å²) in [6.07, 6.45) is 0. The Hall–Kier alpha value is -2.12. The van der Waals surface area contributed by atoms with Crippen molar-refractivity contribution in [1.29, 1.82) is 0 Å². The Kier molecular flexibility index (Phi) is 6.99. The van der Waals surface area contributed by atoms with Crippen LogP contribution < -0.4 is 10.6 Å². The second-order valence-electron chi connectivity index (χ2n) is 5.64. The van der Waals surface area contributed by atoms with E-state index in [-0.39, 0.29) is 23.2 Å². The quantitative estimate of drug-likeness (QED) is 0.580. The molecule has 1 unspecified atom stereocenters. The van der Waals surface area contributed by atoms with Crippen molar-refractivity contribution in [3.8, 4) is 0 Å². The number of hydrogen-bond donors (Lipinski definition) is 2. The first kappa shape index (κ1) is 20.2. The van der Waals surface area contributed by atoms with Gasteiger partial charge in [-0.1, -0.05) is 41.9 Å². The molecular weight excluding hydrogens is 377 g/mol. The summed E-state index contributed by atoms with van der Waals surface area (Å²) in [7, 11) is -2.14. The highest BCUT2D eigenvalue weighted by Crippen LogP contribution is 2.22. The highest BCUT2D eigenvalue weighted by atomic mass is 35.5. The first-order valence-electron chi connectivity index (χ1n) is 8.04. The number of aliphatic imine (C=N–C) groups is 1. The number of halogens is 2. The van der Waals surface area contributed by atoms with Crippen LogP contribution in [0.25, 0.3) is 0 Å². The minimum Gasteiger partial charge on any atom is -0.355 e. The van der Waals surface area contributed by atoms with E-state index in [2.05, 4.69) is 15.6 Å². The fourth-order valence-corrected chi connectivity index (χ4v) is 3.96. The van der Waals surface area contributed by atoms with Gasteiger partial charge in [0.2, 0.25) is 0 Å². The van der Waals surface area contributed by atoms with Gasteiger partial charge in [0.1, 0.15) is 10.7 Å². The Bertz CT molecular complexity index is 888. The first-order chi connectivity index (χ1) is 12.3. The molecule has 8 heteroatoms. The molecule has 2 aromatic carbocycles. The molecule has 1 atom stereocenters. The highest BCUT2D eigenvalue weighted by molar-refractivity contribution is 7.91. The van der Waals surface area contributed by atoms with Gasteiger partial charge in [0.15, 0.2) is 15.8 Å². The van der Waals surface area contributed by atoms with Gasteiger partial charge in [0, 0.05) is 18.6 Å². The summed E-state index contributed by atoms with van der Waals surface area (Å²) >= 11 is 6.18. The van der Waals surface area contributed by atoms with Gasteiger partial charge < -0.3 is 10.6 Å². The lowest BCUT2D eigenvalue weighted by atomic mass is 10.1. The number of rotatable bonds is 6. The van der Waals surface area contributed by atoms with Crippen LogP contribution in [0.2, 0.25) is 5.02 Å². The SMILES string of the molecule is CN=C(NCCS(=O)(=O)c1ccccc1F)NC(C)c1ccccc1Cl. The molecule has 0 saturated heterocycles. The number of nitrogens with one attached hydrogen (secondary N) is 2. The summed E-state index contributed by atoms with van der Waals surface area (Å²) in [5, 5.41) is 6.71. The Morgan fingerprint density at radius 2 is 1.85 bits per heavy atom. The Balaban J connectivity index is 1.95. The monoisotopic (exact) mass is 397 g/mol. The maximum atomic E-state index is 13.7. The lowest BCUT2D eigenvalue weighted by molar-refractivity contribution is 0.566. The third-order valence-electron chi connectivity index (χ3n) is 3.78. The molecular formula is C18H21ClFN3O2S. The largest absolute Gasteiger partial charge is 0.355 e. The molecule has 0 aromatic heterocycles. The van der Waals surface area contributed by atoms with Crippen molar-refractivity contribution in [1.82, 2.24) is 10.6 Å². The molecule has 5 nitrogen and oxygen atoms in total. The molecule has 0 aliphatic rings. The maximum absolute atomic E-state index is 13.7. The van der Waals surface area contributed by atoms with Gasteiger partial charge in [0.25, 0.3) is 0 Å². The van der Waals surface area contributed by atoms with E-state index in [0.717, 1.165) is 11.6 Å². The molecule has 26 heavy (non-hydrogen) atoms. The predicted octanol–water partition coefficient (Wildman–Crippen LogP) is 3.18. The van der Waals surface area contributed by atoms with Crippen LogP contribution in [0.3, 0.4) is 0 Å². The van der Waals surface area contributed by atoms with E-state index in [1.165, 1.54) is 18.2 Å². The molecule has 0 heterocycles. The summed E-state index contributed by atoms with van der Waals surface area (Å²) in [6, 6.07) is 12.6. The van der Waals surface area contributed by atoms with Gasteiger partial charge in [-0.25, -0.2) is 12.8 Å². The van der Waals surface area contributed by atoms with E-state index in [9.17, 15) is 12.8 Å². The molecule has 140 valence electrons. The van der Waals surface area contributed by atoms with E-state index in [4.69, 9.17) is 11.6 Å². The molecule has 2 rings (SSSR count). The lowest BCUT2D eigenvalue weighted by Crippen LogP contribution is -2.40. The zero-order valence-electron chi connectivity index (χ0n) is 14.5. The number of nitrogens with zero attached hydrogens (tertiary/aromatic N) is 1. The first-order valence-corrected chi connectivity index (χ1v) is 10.1. The number of benzene rings is 2. The van der Waals surface area contributed by atoms with Crippen molar-refractivity contribution in [2.75, 3.05) is 19.3 Å². The lowest BCUT2D eigenvalue weighted by Gasteiger charge is -2.19. The van der Waals surface area contributed by atoms with Crippen molar-refractivity contribution in [2.24, 2.45) is 4.99 Å². The molecule has 0 aliphatic heterocycles. The average Bonchev–Trinajstić information content (AvgIpc) is 2.61. The van der Waals surface area contributed by atoms with Crippen LogP contribution in [0.4, 0.5) is 4.39 Å². The Labute approximate surface area is 158 Å². The van der Waals surface area contributed by atoms with Crippen LogP contribution in [0.5, 0.6) is 0 Å². The van der Waals surface area contributed by atoms with E-state index < -0.39 is 15.7 Å². The molecule has 2 aromatic rings. The molecule has 0 radical (unpaired) electrons. The summed E-state index contributed by atoms with van der Waals surface area (Å²) in [5.74, 6) is -0.571. The molecule has 0 amide bonds. The molecule has 0 saturated carbocycles. The van der Waals surface area contributed by atoms with Crippen LogP contribution in [-0.4, -0.2) is 33.7 Å². The van der Waals surface area contributed by atoms with Gasteiger partial charge >= 0.3 is 0 Å². The number of sulfone groups is 1. The highest BCUT2D eigenvalue weighted by Gasteiger charge is 2.18. The fourth-order valence-electron chi connectivity index (χ4n) is 2.41. The minimum atomic E-state index is -3.72. The summed E-state index contributed by atoms with van der Waals surface area (Å²) in [5.41, 5.74) is 0.899. The average molecular weight is 398 g/mol. The van der Waals surface area contributed by atoms with Crippen LogP contribution in [0, 0.1) is 5.82 Å². The van der Waals surface area contributed by atoms with E-state index in [1.54, 1.807) is 13.1 Å². The number of guanidine groups is 1. The predicted molar refractivity (Wildman–Crippen MR) is 103 cm³/mol. The number of hydrogen-bond acceptors (Lipinski definition) is 3. The topological polar surface area (TPSA) is 70.6 Å². The van der Waals surface area contributed by atoms with Crippen molar-refractivity contribution in [3.05, 3.63) is 64.9 Å². The van der Waals surface area contributed by atoms with Gasteiger partial charge in [0.05, 0.1) is 11.8 Å². The van der Waals surface area contributed by atoms with Crippen molar-refractivity contribution >= 4 is 27.4 Å². The Morgan fingerprint density at radius 1 is 1.19 bits per heavy atom. The molecule has 2 N–H and O–H groups in total. The van der Waals surface area contributed by atoms with Gasteiger partial charge in [-0.3, -0.25) is 4.99 Å². The third-order valence-corrected chi connectivity index (χ3v) is 5.87.